The van der Waals surface area contributed by atoms with Gasteiger partial charge in [0.05, 0.1) is 12.7 Å². The van der Waals surface area contributed by atoms with Crippen LogP contribution in [-0.2, 0) is 9.53 Å². The second kappa shape index (κ2) is 4.61. The highest BCUT2D eigenvalue weighted by Crippen LogP contribution is 2.37. The zero-order valence-electron chi connectivity index (χ0n) is 9.97. The van der Waals surface area contributed by atoms with Gasteiger partial charge in [0.2, 0.25) is 0 Å². The lowest BCUT2D eigenvalue weighted by Gasteiger charge is -2.35. The number of allylic oxidation sites excluding steroid dienone is 2. The van der Waals surface area contributed by atoms with Crippen LogP contribution in [0.5, 0.6) is 0 Å². The summed E-state index contributed by atoms with van der Waals surface area (Å²) >= 11 is 0. The van der Waals surface area contributed by atoms with E-state index in [2.05, 4.69) is 24.3 Å². The zero-order valence-corrected chi connectivity index (χ0v) is 9.97. The van der Waals surface area contributed by atoms with E-state index in [9.17, 15) is 4.79 Å². The SMILES string of the molecule is O=C1CCCC[C@H]1C1=CCOC2C=CC=CC12. The van der Waals surface area contributed by atoms with Crippen LogP contribution in [0, 0.1) is 11.8 Å². The minimum Gasteiger partial charge on any atom is -0.369 e. The molecule has 2 aliphatic carbocycles. The van der Waals surface area contributed by atoms with E-state index in [1.54, 1.807) is 0 Å². The van der Waals surface area contributed by atoms with E-state index in [-0.39, 0.29) is 12.0 Å². The van der Waals surface area contributed by atoms with Crippen LogP contribution in [-0.4, -0.2) is 18.5 Å². The maximum absolute atomic E-state index is 12.0. The third kappa shape index (κ3) is 2.02. The van der Waals surface area contributed by atoms with Crippen LogP contribution in [0.3, 0.4) is 0 Å². The summed E-state index contributed by atoms with van der Waals surface area (Å²) < 4.78 is 5.71. The molecule has 1 fully saturated rings. The highest BCUT2D eigenvalue weighted by Gasteiger charge is 2.34. The first-order valence-electron chi connectivity index (χ1n) is 6.55. The minimum atomic E-state index is 0.148. The molecule has 3 rings (SSSR count). The molecule has 2 nitrogen and oxygen atoms in total. The first-order chi connectivity index (χ1) is 8.36. The lowest BCUT2D eigenvalue weighted by molar-refractivity contribution is -0.123. The van der Waals surface area contributed by atoms with Gasteiger partial charge in [0.25, 0.3) is 0 Å². The van der Waals surface area contributed by atoms with Gasteiger partial charge >= 0.3 is 0 Å². The van der Waals surface area contributed by atoms with Gasteiger partial charge in [0, 0.05) is 18.3 Å². The number of fused-ring (bicyclic) bond motifs is 1. The summed E-state index contributed by atoms with van der Waals surface area (Å²) in [6.45, 7) is 0.651. The van der Waals surface area contributed by atoms with Crippen molar-refractivity contribution in [1.82, 2.24) is 0 Å². The molecule has 0 bridgehead atoms. The van der Waals surface area contributed by atoms with E-state index in [0.717, 1.165) is 19.3 Å². The quantitative estimate of drug-likeness (QED) is 0.647. The van der Waals surface area contributed by atoms with Gasteiger partial charge in [-0.15, -0.1) is 0 Å². The average molecular weight is 230 g/mol. The summed E-state index contributed by atoms with van der Waals surface area (Å²) in [7, 11) is 0. The van der Waals surface area contributed by atoms with E-state index >= 15 is 0 Å². The van der Waals surface area contributed by atoms with Gasteiger partial charge in [-0.25, -0.2) is 0 Å². The molecule has 0 amide bonds. The zero-order chi connectivity index (χ0) is 11.7. The first-order valence-corrected chi connectivity index (χ1v) is 6.55. The Balaban J connectivity index is 1.86. The van der Waals surface area contributed by atoms with Gasteiger partial charge in [-0.2, -0.15) is 0 Å². The van der Waals surface area contributed by atoms with Gasteiger partial charge in [0.15, 0.2) is 0 Å². The lowest BCUT2D eigenvalue weighted by atomic mass is 9.74. The maximum Gasteiger partial charge on any atom is 0.140 e. The molecular formula is C15H18O2. The number of hydrogen-bond donors (Lipinski definition) is 0. The van der Waals surface area contributed by atoms with Gasteiger partial charge in [-0.1, -0.05) is 42.4 Å². The van der Waals surface area contributed by atoms with E-state index < -0.39 is 0 Å². The standard InChI is InChI=1S/C15H18O2/c16-14-7-3-1-5-12(14)11-9-10-17-15-8-4-2-6-13(11)15/h2,4,6,8-9,12-13,15H,1,3,5,7,10H2/t12-,13?,15?/m0/s1. The molecule has 0 spiro atoms. The van der Waals surface area contributed by atoms with Crippen molar-refractivity contribution in [3.05, 3.63) is 36.0 Å². The van der Waals surface area contributed by atoms with Gasteiger partial charge in [-0.3, -0.25) is 4.79 Å². The Morgan fingerprint density at radius 2 is 2.06 bits per heavy atom. The Hall–Kier alpha value is -1.15. The van der Waals surface area contributed by atoms with E-state index in [1.807, 2.05) is 6.08 Å². The monoisotopic (exact) mass is 230 g/mol. The van der Waals surface area contributed by atoms with Crippen molar-refractivity contribution in [2.75, 3.05) is 6.61 Å². The van der Waals surface area contributed by atoms with E-state index in [4.69, 9.17) is 4.74 Å². The van der Waals surface area contributed by atoms with Crippen molar-refractivity contribution in [2.45, 2.75) is 31.8 Å². The predicted molar refractivity (Wildman–Crippen MR) is 66.6 cm³/mol. The van der Waals surface area contributed by atoms with Crippen molar-refractivity contribution >= 4 is 5.78 Å². The molecule has 1 saturated carbocycles. The van der Waals surface area contributed by atoms with Crippen molar-refractivity contribution in [3.63, 3.8) is 0 Å². The van der Waals surface area contributed by atoms with Crippen molar-refractivity contribution in [1.29, 1.82) is 0 Å². The van der Waals surface area contributed by atoms with Crippen LogP contribution < -0.4 is 0 Å². The summed E-state index contributed by atoms with van der Waals surface area (Å²) in [5.74, 6) is 0.892. The summed E-state index contributed by atoms with van der Waals surface area (Å²) in [6, 6.07) is 0. The molecule has 2 unspecified atom stereocenters. The van der Waals surface area contributed by atoms with Gasteiger partial charge < -0.3 is 4.74 Å². The first kappa shape index (κ1) is 11.0. The molecule has 3 aliphatic rings. The summed E-state index contributed by atoms with van der Waals surface area (Å²) in [4.78, 5) is 12.0. The molecule has 0 saturated heterocycles. The fourth-order valence-electron chi connectivity index (χ4n) is 3.15. The van der Waals surface area contributed by atoms with E-state index in [1.165, 1.54) is 12.0 Å². The summed E-state index contributed by atoms with van der Waals surface area (Å²) in [6.07, 6.45) is 14.7. The number of ether oxygens (including phenoxy) is 1. The smallest absolute Gasteiger partial charge is 0.140 e. The Morgan fingerprint density at radius 1 is 1.18 bits per heavy atom. The number of carbonyl (C=O) groups is 1. The number of Topliss-reactive ketones (excluding diaryl/α,β-unsaturated/α-hetero) is 1. The highest BCUT2D eigenvalue weighted by molar-refractivity contribution is 5.84. The van der Waals surface area contributed by atoms with Gasteiger partial charge in [0.1, 0.15) is 5.78 Å². The minimum absolute atomic E-state index is 0.148. The molecule has 0 aromatic heterocycles. The average Bonchev–Trinajstić information content (AvgIpc) is 2.39. The molecular weight excluding hydrogens is 212 g/mol. The predicted octanol–water partition coefficient (Wildman–Crippen LogP) is 2.81. The van der Waals surface area contributed by atoms with Crippen LogP contribution >= 0.6 is 0 Å². The Kier molecular flexibility index (Phi) is 2.98. The van der Waals surface area contributed by atoms with Crippen LogP contribution in [0.2, 0.25) is 0 Å². The Labute approximate surface area is 102 Å². The van der Waals surface area contributed by atoms with Crippen LogP contribution in [0.4, 0.5) is 0 Å². The second-order valence-electron chi connectivity index (χ2n) is 5.06. The molecule has 1 heterocycles. The van der Waals surface area contributed by atoms with E-state index in [0.29, 0.717) is 18.3 Å². The van der Waals surface area contributed by atoms with Crippen LogP contribution in [0.15, 0.2) is 36.0 Å². The molecule has 90 valence electrons. The largest absolute Gasteiger partial charge is 0.369 e. The molecule has 0 aromatic rings. The molecule has 17 heavy (non-hydrogen) atoms. The third-order valence-electron chi connectivity index (χ3n) is 4.03. The third-order valence-corrected chi connectivity index (χ3v) is 4.03. The van der Waals surface area contributed by atoms with Crippen molar-refractivity contribution in [2.24, 2.45) is 11.8 Å². The number of ketones is 1. The highest BCUT2D eigenvalue weighted by atomic mass is 16.5. The second-order valence-corrected chi connectivity index (χ2v) is 5.06. The molecule has 3 atom stereocenters. The molecule has 1 aliphatic heterocycles. The fourth-order valence-corrected chi connectivity index (χ4v) is 3.15. The topological polar surface area (TPSA) is 26.3 Å². The summed E-state index contributed by atoms with van der Waals surface area (Å²) in [5, 5.41) is 0. The van der Waals surface area contributed by atoms with Crippen LogP contribution in [0.1, 0.15) is 25.7 Å². The lowest BCUT2D eigenvalue weighted by Crippen LogP contribution is -2.34. The maximum atomic E-state index is 12.0. The van der Waals surface area contributed by atoms with Crippen molar-refractivity contribution < 1.29 is 9.53 Å². The van der Waals surface area contributed by atoms with Crippen LogP contribution in [0.25, 0.3) is 0 Å². The number of rotatable bonds is 1. The fraction of sp³-hybridized carbons (Fsp3) is 0.533. The van der Waals surface area contributed by atoms with Crippen molar-refractivity contribution in [3.8, 4) is 0 Å². The molecule has 2 heteroatoms. The molecule has 0 radical (unpaired) electrons. The normalized spacial score (nSPS) is 36.6. The summed E-state index contributed by atoms with van der Waals surface area (Å²) in [5.41, 5.74) is 1.31. The number of carbonyl (C=O) groups excluding carboxylic acids is 1. The molecule has 0 aromatic carbocycles. The molecule has 0 N–H and O–H groups in total. The Bertz CT molecular complexity index is 403. The van der Waals surface area contributed by atoms with Gasteiger partial charge in [-0.05, 0) is 12.8 Å². The Morgan fingerprint density at radius 3 is 2.94 bits per heavy atom. The number of hydrogen-bond acceptors (Lipinski definition) is 2.